The summed E-state index contributed by atoms with van der Waals surface area (Å²) in [6.07, 6.45) is 0.903. The number of para-hydroxylation sites is 1. The van der Waals surface area contributed by atoms with E-state index in [4.69, 9.17) is 5.41 Å². The second kappa shape index (κ2) is 6.90. The summed E-state index contributed by atoms with van der Waals surface area (Å²) in [5.74, 6) is 0. The van der Waals surface area contributed by atoms with E-state index in [1.807, 2.05) is 31.2 Å². The first-order chi connectivity index (χ1) is 10.5. The van der Waals surface area contributed by atoms with E-state index in [-0.39, 0.29) is 0 Å². The lowest BCUT2D eigenvalue weighted by Crippen LogP contribution is -1.99. The van der Waals surface area contributed by atoms with Crippen LogP contribution in [0.15, 0.2) is 67.3 Å². The van der Waals surface area contributed by atoms with Gasteiger partial charge in [0, 0.05) is 22.6 Å². The van der Waals surface area contributed by atoms with Crippen LogP contribution in [0.3, 0.4) is 0 Å². The fraction of sp³-hybridized carbons (Fsp3) is 0.150. The van der Waals surface area contributed by atoms with Crippen LogP contribution < -0.4 is 5.32 Å². The molecule has 0 saturated carbocycles. The summed E-state index contributed by atoms with van der Waals surface area (Å²) in [6.45, 7) is 11.7. The van der Waals surface area contributed by atoms with E-state index in [9.17, 15) is 0 Å². The van der Waals surface area contributed by atoms with Gasteiger partial charge in [0.25, 0.3) is 0 Å². The van der Waals surface area contributed by atoms with Crippen molar-refractivity contribution in [1.29, 1.82) is 5.41 Å². The highest BCUT2D eigenvalue weighted by molar-refractivity contribution is 6.21. The van der Waals surface area contributed by atoms with Crippen molar-refractivity contribution >= 4 is 22.7 Å². The Labute approximate surface area is 132 Å². The third-order valence-electron chi connectivity index (χ3n) is 3.44. The molecule has 0 radical (unpaired) electrons. The minimum Gasteiger partial charge on any atom is -0.355 e. The summed E-state index contributed by atoms with van der Waals surface area (Å²) in [4.78, 5) is 0. The molecule has 2 N–H and O–H groups in total. The third-order valence-corrected chi connectivity index (χ3v) is 3.44. The quantitative estimate of drug-likeness (QED) is 0.527. The van der Waals surface area contributed by atoms with Crippen LogP contribution in [0.1, 0.15) is 25.0 Å². The summed E-state index contributed by atoms with van der Waals surface area (Å²) in [5, 5.41) is 11.2. The Bertz CT molecular complexity index is 709. The molecule has 2 aromatic rings. The minimum atomic E-state index is 0.478. The van der Waals surface area contributed by atoms with Gasteiger partial charge in [-0.25, -0.2) is 0 Å². The summed E-state index contributed by atoms with van der Waals surface area (Å²) in [6, 6.07) is 16.3. The standard InChI is InChI=1S/C20H22N2/c1-14(2)13-17-9-11-18(12-10-17)22-20-8-6-5-7-19(20)15(3)16(4)21/h5-12,21-22H,1,3,13H2,2,4H3. The molecule has 2 rings (SSSR count). The van der Waals surface area contributed by atoms with Gasteiger partial charge in [-0.05, 0) is 49.6 Å². The zero-order valence-corrected chi connectivity index (χ0v) is 13.2. The molecule has 0 spiro atoms. The zero-order chi connectivity index (χ0) is 16.1. The molecule has 0 unspecified atom stereocenters. The monoisotopic (exact) mass is 290 g/mol. The van der Waals surface area contributed by atoms with Crippen molar-refractivity contribution in [3.8, 4) is 0 Å². The first kappa shape index (κ1) is 15.8. The van der Waals surface area contributed by atoms with Crippen molar-refractivity contribution in [1.82, 2.24) is 0 Å². The number of hydrogen-bond acceptors (Lipinski definition) is 2. The van der Waals surface area contributed by atoms with Crippen LogP contribution in [0.25, 0.3) is 5.57 Å². The van der Waals surface area contributed by atoms with Gasteiger partial charge in [-0.15, -0.1) is 0 Å². The molecule has 0 aliphatic heterocycles. The predicted octanol–water partition coefficient (Wildman–Crippen LogP) is 5.60. The highest BCUT2D eigenvalue weighted by Crippen LogP contribution is 2.26. The largest absolute Gasteiger partial charge is 0.355 e. The molecule has 0 fully saturated rings. The average molecular weight is 290 g/mol. The molecule has 0 atom stereocenters. The van der Waals surface area contributed by atoms with Crippen molar-refractivity contribution in [2.75, 3.05) is 5.32 Å². The first-order valence-corrected chi connectivity index (χ1v) is 7.31. The van der Waals surface area contributed by atoms with Crippen molar-refractivity contribution < 1.29 is 0 Å². The molecule has 0 amide bonds. The molecule has 0 aliphatic rings. The number of allylic oxidation sites excluding steroid dienone is 2. The average Bonchev–Trinajstić information content (AvgIpc) is 2.48. The highest BCUT2D eigenvalue weighted by Gasteiger charge is 2.07. The van der Waals surface area contributed by atoms with Gasteiger partial charge < -0.3 is 10.7 Å². The smallest absolute Gasteiger partial charge is 0.0464 e. The molecular formula is C20H22N2. The van der Waals surface area contributed by atoms with Crippen LogP contribution in [-0.4, -0.2) is 5.71 Å². The summed E-state index contributed by atoms with van der Waals surface area (Å²) < 4.78 is 0. The Morgan fingerprint density at radius 1 is 1.00 bits per heavy atom. The summed E-state index contributed by atoms with van der Waals surface area (Å²) in [7, 11) is 0. The molecule has 112 valence electrons. The van der Waals surface area contributed by atoms with E-state index < -0.39 is 0 Å². The molecule has 2 aromatic carbocycles. The second-order valence-corrected chi connectivity index (χ2v) is 5.60. The van der Waals surface area contributed by atoms with Crippen LogP contribution in [0.2, 0.25) is 0 Å². The van der Waals surface area contributed by atoms with E-state index in [2.05, 4.69) is 42.7 Å². The molecule has 2 nitrogen and oxygen atoms in total. The van der Waals surface area contributed by atoms with Crippen LogP contribution in [0.4, 0.5) is 11.4 Å². The van der Waals surface area contributed by atoms with Gasteiger partial charge in [0.05, 0.1) is 0 Å². The number of nitrogens with one attached hydrogen (secondary N) is 2. The normalized spacial score (nSPS) is 10.1. The second-order valence-electron chi connectivity index (χ2n) is 5.60. The highest BCUT2D eigenvalue weighted by atomic mass is 14.9. The van der Waals surface area contributed by atoms with Crippen molar-refractivity contribution in [3.63, 3.8) is 0 Å². The van der Waals surface area contributed by atoms with Crippen LogP contribution in [0.5, 0.6) is 0 Å². The topological polar surface area (TPSA) is 35.9 Å². The van der Waals surface area contributed by atoms with Gasteiger partial charge in [0.15, 0.2) is 0 Å². The van der Waals surface area contributed by atoms with Crippen molar-refractivity contribution in [2.45, 2.75) is 20.3 Å². The van der Waals surface area contributed by atoms with E-state index in [1.165, 1.54) is 5.56 Å². The number of rotatable bonds is 6. The summed E-state index contributed by atoms with van der Waals surface area (Å²) >= 11 is 0. The zero-order valence-electron chi connectivity index (χ0n) is 13.2. The maximum atomic E-state index is 7.77. The molecule has 0 aromatic heterocycles. The lowest BCUT2D eigenvalue weighted by atomic mass is 10.0. The fourth-order valence-electron chi connectivity index (χ4n) is 2.27. The third kappa shape index (κ3) is 3.95. The van der Waals surface area contributed by atoms with Crippen LogP contribution >= 0.6 is 0 Å². The minimum absolute atomic E-state index is 0.478. The van der Waals surface area contributed by atoms with Gasteiger partial charge in [0.2, 0.25) is 0 Å². The molecular weight excluding hydrogens is 268 g/mol. The van der Waals surface area contributed by atoms with E-state index >= 15 is 0 Å². The lowest BCUT2D eigenvalue weighted by molar-refractivity contribution is 1.15. The Hall–Kier alpha value is -2.61. The maximum absolute atomic E-state index is 7.77. The molecule has 0 bridgehead atoms. The van der Waals surface area contributed by atoms with Crippen LogP contribution in [-0.2, 0) is 6.42 Å². The van der Waals surface area contributed by atoms with Crippen molar-refractivity contribution in [3.05, 3.63) is 78.4 Å². The van der Waals surface area contributed by atoms with Crippen molar-refractivity contribution in [2.24, 2.45) is 0 Å². The van der Waals surface area contributed by atoms with E-state index in [0.29, 0.717) is 5.71 Å². The van der Waals surface area contributed by atoms with E-state index in [1.54, 1.807) is 6.92 Å². The number of anilines is 2. The maximum Gasteiger partial charge on any atom is 0.0464 e. The molecule has 0 saturated heterocycles. The molecule has 0 aliphatic carbocycles. The Morgan fingerprint density at radius 3 is 2.23 bits per heavy atom. The first-order valence-electron chi connectivity index (χ1n) is 7.31. The Balaban J connectivity index is 2.22. The lowest BCUT2D eigenvalue weighted by Gasteiger charge is -2.14. The van der Waals surface area contributed by atoms with Gasteiger partial charge >= 0.3 is 0 Å². The number of benzene rings is 2. The predicted molar refractivity (Wildman–Crippen MR) is 97.1 cm³/mol. The van der Waals surface area contributed by atoms with E-state index in [0.717, 1.165) is 34.5 Å². The van der Waals surface area contributed by atoms with Gasteiger partial charge in [-0.3, -0.25) is 0 Å². The Morgan fingerprint density at radius 2 is 1.64 bits per heavy atom. The Kier molecular flexibility index (Phi) is 4.95. The van der Waals surface area contributed by atoms with Crippen LogP contribution in [0, 0.1) is 5.41 Å². The molecule has 22 heavy (non-hydrogen) atoms. The molecule has 2 heteroatoms. The SMILES string of the molecule is C=C(C)Cc1ccc(Nc2ccccc2C(=C)C(C)=N)cc1. The summed E-state index contributed by atoms with van der Waals surface area (Å²) in [5.41, 5.74) is 6.57. The number of hydrogen-bond donors (Lipinski definition) is 2. The van der Waals surface area contributed by atoms with Gasteiger partial charge in [-0.2, -0.15) is 0 Å². The molecule has 0 heterocycles. The fourth-order valence-corrected chi connectivity index (χ4v) is 2.27. The van der Waals surface area contributed by atoms with Gasteiger partial charge in [-0.1, -0.05) is 49.1 Å². The van der Waals surface area contributed by atoms with Gasteiger partial charge in [0.1, 0.15) is 0 Å².